The first-order valence-electron chi connectivity index (χ1n) is 19.8. The summed E-state index contributed by atoms with van der Waals surface area (Å²) in [5.41, 5.74) is 0. The minimum absolute atomic E-state index is 0. The van der Waals surface area contributed by atoms with Gasteiger partial charge in [0.2, 0.25) is 0 Å². The molecular formula is C40H75NbO10. The second-order valence-corrected chi connectivity index (χ2v) is 12.7. The predicted molar refractivity (Wildman–Crippen MR) is 192 cm³/mol. The van der Waals surface area contributed by atoms with Crippen LogP contribution in [0.4, 0.5) is 0 Å². The van der Waals surface area contributed by atoms with Gasteiger partial charge in [0, 0.05) is 29.8 Å². The molecule has 0 spiro atoms. The quantitative estimate of drug-likeness (QED) is 0.0661. The van der Waals surface area contributed by atoms with E-state index in [2.05, 4.69) is 34.6 Å². The van der Waals surface area contributed by atoms with Gasteiger partial charge in [0.05, 0.1) is 0 Å². The van der Waals surface area contributed by atoms with Crippen molar-refractivity contribution in [2.45, 2.75) is 227 Å². The van der Waals surface area contributed by atoms with Gasteiger partial charge in [-0.05, 0) is 64.2 Å². The number of hydrogen-bond acceptors (Lipinski definition) is 10. The Morgan fingerprint density at radius 1 is 0.255 bits per heavy atom. The van der Waals surface area contributed by atoms with E-state index in [9.17, 15) is 49.5 Å². The van der Waals surface area contributed by atoms with E-state index in [4.69, 9.17) is 0 Å². The summed E-state index contributed by atoms with van der Waals surface area (Å²) in [5, 5.41) is 49.6. The fraction of sp³-hybridized carbons (Fsp3) is 0.875. The molecule has 0 bridgehead atoms. The third-order valence-electron chi connectivity index (χ3n) is 7.42. The molecule has 0 aliphatic carbocycles. The van der Waals surface area contributed by atoms with Crippen LogP contribution in [0.15, 0.2) is 0 Å². The summed E-state index contributed by atoms with van der Waals surface area (Å²) in [6.07, 6.45) is 28.0. The molecule has 300 valence electrons. The molecule has 0 aromatic rings. The van der Waals surface area contributed by atoms with Gasteiger partial charge in [0.25, 0.3) is 0 Å². The van der Waals surface area contributed by atoms with Gasteiger partial charge in [0.1, 0.15) is 0 Å². The molecule has 0 aromatic heterocycles. The van der Waals surface area contributed by atoms with Crippen molar-refractivity contribution in [2.75, 3.05) is 0 Å². The van der Waals surface area contributed by atoms with Crippen molar-refractivity contribution in [3.8, 4) is 0 Å². The zero-order valence-electron chi connectivity index (χ0n) is 33.2. The van der Waals surface area contributed by atoms with E-state index in [1.54, 1.807) is 0 Å². The molecule has 11 heteroatoms. The van der Waals surface area contributed by atoms with Gasteiger partial charge in [-0.2, -0.15) is 0 Å². The number of carbonyl (C=O) groups is 5. The van der Waals surface area contributed by atoms with E-state index in [0.29, 0.717) is 0 Å². The molecule has 51 heavy (non-hydrogen) atoms. The second-order valence-electron chi connectivity index (χ2n) is 12.7. The molecular weight excluding hydrogens is 733 g/mol. The summed E-state index contributed by atoms with van der Waals surface area (Å²) in [4.78, 5) is 49.6. The van der Waals surface area contributed by atoms with Crippen molar-refractivity contribution in [3.63, 3.8) is 0 Å². The molecule has 0 heterocycles. The summed E-state index contributed by atoms with van der Waals surface area (Å²) >= 11 is 0. The molecule has 0 atom stereocenters. The summed E-state index contributed by atoms with van der Waals surface area (Å²) in [6.45, 7) is 10.7. The number of rotatable bonds is 30. The maximum absolute atomic E-state index is 9.92. The van der Waals surface area contributed by atoms with E-state index >= 15 is 0 Å². The normalized spacial score (nSPS) is 9.51. The van der Waals surface area contributed by atoms with Crippen LogP contribution in [0.25, 0.3) is 0 Å². The van der Waals surface area contributed by atoms with Crippen LogP contribution in [0.1, 0.15) is 227 Å². The Kier molecular flexibility index (Phi) is 68.9. The number of carboxylic acids is 5. The first-order chi connectivity index (χ1) is 23.9. The van der Waals surface area contributed by atoms with E-state index in [1.807, 2.05) is 0 Å². The fourth-order valence-electron chi connectivity index (χ4n) is 4.36. The Labute approximate surface area is 327 Å². The van der Waals surface area contributed by atoms with Crippen LogP contribution in [0.5, 0.6) is 0 Å². The molecule has 0 rings (SSSR count). The third kappa shape index (κ3) is 93.3. The molecule has 0 aliphatic heterocycles. The van der Waals surface area contributed by atoms with Crippen molar-refractivity contribution in [2.24, 2.45) is 0 Å². The minimum Gasteiger partial charge on any atom is -0.550 e. The van der Waals surface area contributed by atoms with Crippen LogP contribution in [-0.4, -0.2) is 29.8 Å². The summed E-state index contributed by atoms with van der Waals surface area (Å²) in [6, 6.07) is 0. The molecule has 0 unspecified atom stereocenters. The predicted octanol–water partition coefficient (Wildman–Crippen LogP) is 5.48. The summed E-state index contributed by atoms with van der Waals surface area (Å²) in [5.74, 6) is -4.60. The minimum atomic E-state index is -0.920. The smallest absolute Gasteiger partial charge is 0.550 e. The molecule has 0 saturated carbocycles. The topological polar surface area (TPSA) is 201 Å². The number of carboxylic acid groups (broad SMARTS) is 5. The van der Waals surface area contributed by atoms with Gasteiger partial charge < -0.3 is 49.5 Å². The average Bonchev–Trinajstić information content (AvgIpc) is 3.05. The van der Waals surface area contributed by atoms with E-state index in [0.717, 1.165) is 96.3 Å². The first kappa shape index (κ1) is 61.1. The van der Waals surface area contributed by atoms with Crippen molar-refractivity contribution in [1.82, 2.24) is 0 Å². The Balaban J connectivity index is -0.000000123. The largest absolute Gasteiger partial charge is 5.00 e. The summed E-state index contributed by atoms with van der Waals surface area (Å²) in [7, 11) is 0. The van der Waals surface area contributed by atoms with Crippen LogP contribution in [0.3, 0.4) is 0 Å². The van der Waals surface area contributed by atoms with Crippen LogP contribution < -0.4 is 25.5 Å². The van der Waals surface area contributed by atoms with Gasteiger partial charge in [0.15, 0.2) is 0 Å². The van der Waals surface area contributed by atoms with E-state index in [-0.39, 0.29) is 54.5 Å². The molecule has 0 aliphatic rings. The van der Waals surface area contributed by atoms with Gasteiger partial charge in [-0.1, -0.05) is 163 Å². The number of hydrogen-bond donors (Lipinski definition) is 0. The van der Waals surface area contributed by atoms with Gasteiger partial charge in [-0.3, -0.25) is 0 Å². The zero-order chi connectivity index (χ0) is 39.1. The zero-order valence-corrected chi connectivity index (χ0v) is 35.4. The Bertz CT molecular complexity index is 593. The Hall–Kier alpha value is -1.91. The van der Waals surface area contributed by atoms with Crippen LogP contribution >= 0.6 is 0 Å². The SMILES string of the molecule is CCCCCCCC(=O)[O-].CCCCCCCC(=O)[O-].CCCCCCCC(=O)[O-].CCCCCCCC(=O)[O-].CCCCCCCC(=O)[O-].[Nb+5]. The molecule has 10 nitrogen and oxygen atoms in total. The number of carbonyl (C=O) groups excluding carboxylic acids is 5. The van der Waals surface area contributed by atoms with Crippen molar-refractivity contribution in [3.05, 3.63) is 0 Å². The van der Waals surface area contributed by atoms with Crippen molar-refractivity contribution >= 4 is 29.8 Å². The van der Waals surface area contributed by atoms with Gasteiger partial charge >= 0.3 is 22.4 Å². The molecule has 0 aromatic carbocycles. The maximum atomic E-state index is 9.92. The standard InChI is InChI=1S/5C8H16O2.Nb/c5*1-2-3-4-5-6-7-8(9)10;/h5*2-7H2,1H3,(H,9,10);/q;;;;;+5/p-5. The molecule has 0 fully saturated rings. The average molecular weight is 809 g/mol. The van der Waals surface area contributed by atoms with E-state index < -0.39 is 29.8 Å². The number of aliphatic carboxylic acids is 5. The van der Waals surface area contributed by atoms with Crippen LogP contribution in [0, 0.1) is 0 Å². The van der Waals surface area contributed by atoms with Gasteiger partial charge in [-0.15, -0.1) is 0 Å². The maximum Gasteiger partial charge on any atom is 5.00 e. The van der Waals surface area contributed by atoms with Crippen molar-refractivity contribution < 1.29 is 71.9 Å². The summed E-state index contributed by atoms with van der Waals surface area (Å²) < 4.78 is 0. The number of unbranched alkanes of at least 4 members (excludes halogenated alkanes) is 20. The first-order valence-corrected chi connectivity index (χ1v) is 19.8. The van der Waals surface area contributed by atoms with Crippen LogP contribution in [-0.2, 0) is 46.4 Å². The third-order valence-corrected chi connectivity index (χ3v) is 7.42. The molecule has 0 N–H and O–H groups in total. The van der Waals surface area contributed by atoms with Crippen molar-refractivity contribution in [1.29, 1.82) is 0 Å². The molecule has 0 radical (unpaired) electrons. The Morgan fingerprint density at radius 3 is 0.471 bits per heavy atom. The molecule has 0 amide bonds. The Morgan fingerprint density at radius 2 is 0.373 bits per heavy atom. The van der Waals surface area contributed by atoms with E-state index in [1.165, 1.54) is 64.2 Å². The molecule has 0 saturated heterocycles. The second kappa shape index (κ2) is 57.4. The fourth-order valence-corrected chi connectivity index (χ4v) is 4.36. The van der Waals surface area contributed by atoms with Gasteiger partial charge in [-0.25, -0.2) is 0 Å². The van der Waals surface area contributed by atoms with Crippen LogP contribution in [0.2, 0.25) is 0 Å². The monoisotopic (exact) mass is 808 g/mol.